The van der Waals surface area contributed by atoms with Gasteiger partial charge in [0.2, 0.25) is 17.6 Å². The Morgan fingerprint density at radius 3 is 2.88 bits per heavy atom. The molecule has 2 heterocycles. The van der Waals surface area contributed by atoms with Gasteiger partial charge in [0, 0.05) is 19.2 Å². The van der Waals surface area contributed by atoms with Crippen molar-refractivity contribution in [3.05, 3.63) is 36.0 Å². The van der Waals surface area contributed by atoms with Crippen LogP contribution in [-0.2, 0) is 16.1 Å². The van der Waals surface area contributed by atoms with Crippen LogP contribution < -0.4 is 15.4 Å². The van der Waals surface area contributed by atoms with Gasteiger partial charge in [-0.25, -0.2) is 0 Å². The standard InChI is InChI=1S/C16H20N4O4/c1-10-15(17-7-8-22-10)16(21)19-12-3-5-13(6-4-12)23-9-14-18-11(2)24-20-14/h3-6,10,15,17H,7-9H2,1-2H3,(H,19,21)/t10-,15+/m1/s1. The van der Waals surface area contributed by atoms with Crippen LogP contribution in [0, 0.1) is 6.92 Å². The largest absolute Gasteiger partial charge is 0.485 e. The summed E-state index contributed by atoms with van der Waals surface area (Å²) in [6.45, 7) is 5.12. The van der Waals surface area contributed by atoms with Crippen LogP contribution in [0.4, 0.5) is 5.69 Å². The zero-order valence-electron chi connectivity index (χ0n) is 13.6. The Hall–Kier alpha value is -2.45. The molecule has 1 fully saturated rings. The predicted octanol–water partition coefficient (Wildman–Crippen LogP) is 1.27. The average Bonchev–Trinajstić information content (AvgIpc) is 3.00. The molecule has 0 saturated carbocycles. The minimum absolute atomic E-state index is 0.113. The molecule has 1 aromatic carbocycles. The topological polar surface area (TPSA) is 98.5 Å². The quantitative estimate of drug-likeness (QED) is 0.851. The molecule has 1 amide bonds. The van der Waals surface area contributed by atoms with Crippen LogP contribution in [0.5, 0.6) is 5.75 Å². The minimum Gasteiger partial charge on any atom is -0.485 e. The van der Waals surface area contributed by atoms with Crippen molar-refractivity contribution in [2.24, 2.45) is 0 Å². The molecule has 3 rings (SSSR count). The molecule has 0 spiro atoms. The number of hydrogen-bond acceptors (Lipinski definition) is 7. The van der Waals surface area contributed by atoms with Gasteiger partial charge in [-0.1, -0.05) is 5.16 Å². The molecule has 1 aromatic heterocycles. The Labute approximate surface area is 139 Å². The Bertz CT molecular complexity index is 686. The average molecular weight is 332 g/mol. The third-order valence-electron chi connectivity index (χ3n) is 3.66. The normalized spacial score (nSPS) is 20.6. The fourth-order valence-corrected chi connectivity index (χ4v) is 2.43. The van der Waals surface area contributed by atoms with Crippen LogP contribution in [0.1, 0.15) is 18.6 Å². The Morgan fingerprint density at radius 1 is 1.42 bits per heavy atom. The Kier molecular flexibility index (Phi) is 5.07. The van der Waals surface area contributed by atoms with Crippen LogP contribution in [-0.4, -0.2) is 41.3 Å². The van der Waals surface area contributed by atoms with E-state index in [1.807, 2.05) is 6.92 Å². The van der Waals surface area contributed by atoms with Crippen molar-refractivity contribution >= 4 is 11.6 Å². The van der Waals surface area contributed by atoms with Gasteiger partial charge in [-0.3, -0.25) is 4.79 Å². The SMILES string of the molecule is Cc1nc(COc2ccc(NC(=O)[C@H]3NCCO[C@@H]3C)cc2)no1. The second-order valence-electron chi connectivity index (χ2n) is 5.54. The van der Waals surface area contributed by atoms with Gasteiger partial charge in [-0.2, -0.15) is 4.98 Å². The first-order valence-electron chi connectivity index (χ1n) is 7.80. The molecular formula is C16H20N4O4. The summed E-state index contributed by atoms with van der Waals surface area (Å²) in [5.74, 6) is 1.53. The number of nitrogens with zero attached hydrogens (tertiary/aromatic N) is 2. The molecule has 2 N–H and O–H groups in total. The third-order valence-corrected chi connectivity index (χ3v) is 3.66. The van der Waals surface area contributed by atoms with Gasteiger partial charge in [-0.15, -0.1) is 0 Å². The molecule has 8 nitrogen and oxygen atoms in total. The number of benzene rings is 1. The van der Waals surface area contributed by atoms with E-state index in [4.69, 9.17) is 14.0 Å². The number of carbonyl (C=O) groups excluding carboxylic acids is 1. The third kappa shape index (κ3) is 4.09. The molecule has 1 aliphatic rings. The van der Waals surface area contributed by atoms with Crippen molar-refractivity contribution in [1.82, 2.24) is 15.5 Å². The second-order valence-corrected chi connectivity index (χ2v) is 5.54. The van der Waals surface area contributed by atoms with E-state index < -0.39 is 0 Å². The molecule has 24 heavy (non-hydrogen) atoms. The number of anilines is 1. The summed E-state index contributed by atoms with van der Waals surface area (Å²) in [6, 6.07) is 6.76. The molecule has 8 heteroatoms. The molecule has 2 aromatic rings. The number of aromatic nitrogens is 2. The molecule has 0 aliphatic carbocycles. The highest BCUT2D eigenvalue weighted by atomic mass is 16.5. The maximum Gasteiger partial charge on any atom is 0.244 e. The smallest absolute Gasteiger partial charge is 0.244 e. The Morgan fingerprint density at radius 2 is 2.21 bits per heavy atom. The second kappa shape index (κ2) is 7.41. The van der Waals surface area contributed by atoms with E-state index in [-0.39, 0.29) is 24.7 Å². The summed E-state index contributed by atoms with van der Waals surface area (Å²) >= 11 is 0. The number of ether oxygens (including phenoxy) is 2. The van der Waals surface area contributed by atoms with Gasteiger partial charge in [0.15, 0.2) is 6.61 Å². The number of rotatable bonds is 5. The number of amides is 1. The van der Waals surface area contributed by atoms with E-state index in [2.05, 4.69) is 20.8 Å². The lowest BCUT2D eigenvalue weighted by Gasteiger charge is -2.29. The molecule has 2 atom stereocenters. The number of morpholine rings is 1. The summed E-state index contributed by atoms with van der Waals surface area (Å²) in [7, 11) is 0. The van der Waals surface area contributed by atoms with Crippen LogP contribution in [0.3, 0.4) is 0 Å². The molecule has 128 valence electrons. The maximum absolute atomic E-state index is 12.3. The summed E-state index contributed by atoms with van der Waals surface area (Å²) in [4.78, 5) is 16.3. The van der Waals surface area contributed by atoms with E-state index in [0.29, 0.717) is 36.3 Å². The molecular weight excluding hydrogens is 312 g/mol. The molecule has 0 unspecified atom stereocenters. The van der Waals surface area contributed by atoms with Gasteiger partial charge >= 0.3 is 0 Å². The number of hydrogen-bond donors (Lipinski definition) is 2. The Balaban J connectivity index is 1.53. The van der Waals surface area contributed by atoms with E-state index in [1.54, 1.807) is 31.2 Å². The van der Waals surface area contributed by atoms with E-state index in [1.165, 1.54) is 0 Å². The van der Waals surface area contributed by atoms with Crippen molar-refractivity contribution in [1.29, 1.82) is 0 Å². The summed E-state index contributed by atoms with van der Waals surface area (Å²) < 4.78 is 15.9. The van der Waals surface area contributed by atoms with Crippen LogP contribution in [0.2, 0.25) is 0 Å². The highest BCUT2D eigenvalue weighted by molar-refractivity contribution is 5.95. The van der Waals surface area contributed by atoms with Gasteiger partial charge in [-0.05, 0) is 31.2 Å². The first kappa shape index (κ1) is 16.4. The molecule has 0 bridgehead atoms. The zero-order valence-corrected chi connectivity index (χ0v) is 13.6. The lowest BCUT2D eigenvalue weighted by atomic mass is 10.1. The number of nitrogens with one attached hydrogen (secondary N) is 2. The highest BCUT2D eigenvalue weighted by Crippen LogP contribution is 2.17. The minimum atomic E-state index is -0.351. The van der Waals surface area contributed by atoms with Crippen LogP contribution >= 0.6 is 0 Å². The highest BCUT2D eigenvalue weighted by Gasteiger charge is 2.28. The maximum atomic E-state index is 12.3. The van der Waals surface area contributed by atoms with Gasteiger partial charge in [0.1, 0.15) is 11.8 Å². The van der Waals surface area contributed by atoms with E-state index >= 15 is 0 Å². The van der Waals surface area contributed by atoms with Gasteiger partial charge in [0.25, 0.3) is 0 Å². The molecule has 1 saturated heterocycles. The van der Waals surface area contributed by atoms with Crippen molar-refractivity contribution in [3.8, 4) is 5.75 Å². The molecule has 1 aliphatic heterocycles. The lowest BCUT2D eigenvalue weighted by molar-refractivity contribution is -0.123. The van der Waals surface area contributed by atoms with Crippen LogP contribution in [0.25, 0.3) is 0 Å². The zero-order chi connectivity index (χ0) is 16.9. The van der Waals surface area contributed by atoms with Crippen LogP contribution in [0.15, 0.2) is 28.8 Å². The summed E-state index contributed by atoms with van der Waals surface area (Å²) in [5, 5.41) is 9.79. The van der Waals surface area contributed by atoms with Gasteiger partial charge < -0.3 is 24.6 Å². The van der Waals surface area contributed by atoms with Gasteiger partial charge in [0.05, 0.1) is 12.7 Å². The summed E-state index contributed by atoms with van der Waals surface area (Å²) in [6.07, 6.45) is -0.153. The lowest BCUT2D eigenvalue weighted by Crippen LogP contribution is -2.53. The van der Waals surface area contributed by atoms with E-state index in [9.17, 15) is 4.79 Å². The fourth-order valence-electron chi connectivity index (χ4n) is 2.43. The van der Waals surface area contributed by atoms with E-state index in [0.717, 1.165) is 0 Å². The first-order valence-corrected chi connectivity index (χ1v) is 7.80. The predicted molar refractivity (Wildman–Crippen MR) is 85.6 cm³/mol. The number of aryl methyl sites for hydroxylation is 1. The van der Waals surface area contributed by atoms with Crippen molar-refractivity contribution in [2.75, 3.05) is 18.5 Å². The number of carbonyl (C=O) groups is 1. The first-order chi connectivity index (χ1) is 11.6. The monoisotopic (exact) mass is 332 g/mol. The van der Waals surface area contributed by atoms with Crippen molar-refractivity contribution < 1.29 is 18.8 Å². The van der Waals surface area contributed by atoms with Crippen molar-refractivity contribution in [2.45, 2.75) is 32.6 Å². The summed E-state index contributed by atoms with van der Waals surface area (Å²) in [5.41, 5.74) is 0.697. The fraction of sp³-hybridized carbons (Fsp3) is 0.438. The molecule has 0 radical (unpaired) electrons. The van der Waals surface area contributed by atoms with Crippen molar-refractivity contribution in [3.63, 3.8) is 0 Å².